The van der Waals surface area contributed by atoms with Gasteiger partial charge in [0, 0.05) is 39.3 Å². The number of aliphatic hydroxyl groups is 2. The fourth-order valence-electron chi connectivity index (χ4n) is 12.7. The van der Waals surface area contributed by atoms with Gasteiger partial charge in [-0.25, -0.2) is 18.2 Å². The van der Waals surface area contributed by atoms with E-state index in [4.69, 9.17) is 33.9 Å². The largest absolute Gasteiger partial charge is 0.493 e. The van der Waals surface area contributed by atoms with Gasteiger partial charge < -0.3 is 64.5 Å². The summed E-state index contributed by atoms with van der Waals surface area (Å²) in [7, 11) is 1.37. The quantitative estimate of drug-likeness (QED) is 0.0350. The summed E-state index contributed by atoms with van der Waals surface area (Å²) in [6.07, 6.45) is -9.72. The molecule has 0 spiro atoms. The van der Waals surface area contributed by atoms with E-state index in [1.807, 2.05) is 0 Å². The Morgan fingerprint density at radius 3 is 1.16 bits per heavy atom. The third-order valence-electron chi connectivity index (χ3n) is 19.0. The van der Waals surface area contributed by atoms with E-state index in [1.165, 1.54) is 125 Å². The lowest BCUT2D eigenvalue weighted by molar-refractivity contribution is -0.139. The van der Waals surface area contributed by atoms with E-state index in [0.717, 1.165) is 108 Å². The maximum Gasteiger partial charge on any atom is 0.419 e. The molecule has 3 saturated heterocycles. The molecule has 5 N–H and O–H groups in total. The number of aliphatic hydroxyl groups excluding tert-OH is 2. The normalized spacial score (nSPS) is 16.8. The Bertz CT molecular complexity index is 6260. The number of nitrogens with zero attached hydrogens (tertiary/aromatic N) is 10. The van der Waals surface area contributed by atoms with E-state index >= 15 is 0 Å². The first kappa shape index (κ1) is 99.6. The number of carbonyl (C=O) groups is 6. The number of amides is 6. The smallest absolute Gasteiger partial charge is 0.419 e. The second kappa shape index (κ2) is 43.5. The molecule has 0 unspecified atom stereocenters. The number of hydrogen-bond acceptors (Lipinski definition) is 23. The van der Waals surface area contributed by atoms with E-state index in [-0.39, 0.29) is 101 Å². The monoisotopic (exact) mass is 1950 g/mol. The van der Waals surface area contributed by atoms with Gasteiger partial charge in [0.25, 0.3) is 23.6 Å². The second-order valence-electron chi connectivity index (χ2n) is 29.2. The van der Waals surface area contributed by atoms with E-state index in [2.05, 4.69) is 46.0 Å². The van der Waals surface area contributed by atoms with Crippen molar-refractivity contribution in [3.63, 3.8) is 0 Å². The zero-order chi connectivity index (χ0) is 96.7. The van der Waals surface area contributed by atoms with Crippen LogP contribution in [0.5, 0.6) is 51.7 Å². The molecule has 0 saturated carbocycles. The highest BCUT2D eigenvalue weighted by Gasteiger charge is 2.40. The number of methoxy groups -OCH3 is 1. The minimum Gasteiger partial charge on any atom is -0.493 e. The van der Waals surface area contributed by atoms with Crippen LogP contribution in [-0.4, -0.2) is 175 Å². The predicted octanol–water partition coefficient (Wildman–Crippen LogP) is 17.6. The Morgan fingerprint density at radius 2 is 0.806 bits per heavy atom. The number of benzene rings is 8. The summed E-state index contributed by atoms with van der Waals surface area (Å²) in [5.41, 5.74) is -0.757. The van der Waals surface area contributed by atoms with E-state index in [1.54, 1.807) is 50.8 Å². The summed E-state index contributed by atoms with van der Waals surface area (Å²) in [5.74, 6) is -7.59. The molecule has 8 aromatic carbocycles. The van der Waals surface area contributed by atoms with Crippen LogP contribution in [0.25, 0.3) is 24.3 Å². The second-order valence-corrected chi connectivity index (χ2v) is 33.3. The number of aromatic nitrogens is 3. The molecule has 45 heteroatoms. The van der Waals surface area contributed by atoms with Crippen LogP contribution in [0, 0.1) is 45.1 Å². The van der Waals surface area contributed by atoms with Crippen molar-refractivity contribution in [3.05, 3.63) is 262 Å². The number of alkyl halides is 12. The summed E-state index contributed by atoms with van der Waals surface area (Å²) in [6, 6.07) is 30.0. The number of rotatable bonds is 20. The topological polar surface area (TPSA) is 315 Å². The van der Waals surface area contributed by atoms with Gasteiger partial charge in [0.05, 0.1) is 88.4 Å². The first-order valence-electron chi connectivity index (χ1n) is 39.7. The van der Waals surface area contributed by atoms with E-state index in [9.17, 15) is 94.6 Å². The van der Waals surface area contributed by atoms with E-state index < -0.39 is 105 Å². The molecule has 0 atom stereocenters. The molecule has 6 aliphatic rings. The van der Waals surface area contributed by atoms with Gasteiger partial charge >= 0.3 is 24.7 Å². The number of aryl methyl sites for hydroxylation is 4. The number of halogens is 15. The van der Waals surface area contributed by atoms with Crippen molar-refractivity contribution < 1.29 is 129 Å². The number of carbonyl (C=O) groups excluding carboxylic acids is 6. The van der Waals surface area contributed by atoms with Gasteiger partial charge in [-0.2, -0.15) is 72.8 Å². The molecule has 6 amide bonds. The summed E-state index contributed by atoms with van der Waals surface area (Å²) in [5, 5.41) is 31.8. The van der Waals surface area contributed by atoms with E-state index in [0.29, 0.717) is 109 Å². The fraction of sp³-hybridized carbons (Fsp3) is 0.236. The Kier molecular flexibility index (Phi) is 32.4. The van der Waals surface area contributed by atoms with Crippen LogP contribution in [0.2, 0.25) is 0 Å². The van der Waals surface area contributed by atoms with Crippen LogP contribution < -0.4 is 39.6 Å². The van der Waals surface area contributed by atoms with Crippen LogP contribution in [-0.2, 0) is 60.0 Å². The van der Waals surface area contributed by atoms with Gasteiger partial charge in [0.15, 0.2) is 66.9 Å². The average molecular weight is 1950 g/mol. The first-order valence-corrected chi connectivity index (χ1v) is 43.0. The Labute approximate surface area is 769 Å². The SMILES string of the molecule is COc1cc(/C=C2\SC(N3CCNC(=O)C3)=NC2=O)ccc1Oc1ccc(C)cc1C(F)(F)F.Cc1ccc(Oc2ccc(/C=C3\SC(=NCCn4cncn4)NC3=O)cc2F)c(C(F)(F)F)c1.Cc1ccc(Oc2ccc(/C=C3\SC(N(CCO)CCO)=NC3=O)cc2F)c(C(F)(F)F)c1.Cc1ccc(Oc2ccc(/C=C3\SC(N4CCNC(=O)C4)=NC3=O)cc2F)c(C(F)(F)F)c1. The minimum absolute atomic E-state index is 0.0893. The lowest BCUT2D eigenvalue weighted by Gasteiger charge is -2.27. The fourth-order valence-corrected chi connectivity index (χ4v) is 16.4. The molecule has 1 aromatic heterocycles. The van der Waals surface area contributed by atoms with Crippen LogP contribution in [0.3, 0.4) is 0 Å². The number of ether oxygens (including phenoxy) is 5. The van der Waals surface area contributed by atoms with Crippen molar-refractivity contribution in [3.8, 4) is 51.7 Å². The number of aliphatic imine (C=N–C) groups is 4. The van der Waals surface area contributed by atoms with Crippen LogP contribution in [0.15, 0.2) is 198 Å². The molecule has 0 aliphatic carbocycles. The highest BCUT2D eigenvalue weighted by atomic mass is 32.2. The third kappa shape index (κ3) is 26.8. The van der Waals surface area contributed by atoms with Gasteiger partial charge in [0.2, 0.25) is 11.8 Å². The maximum atomic E-state index is 14.6. The Balaban J connectivity index is 0.000000161. The highest BCUT2D eigenvalue weighted by molar-refractivity contribution is 8.19. The molecule has 7 heterocycles. The number of thioether (sulfide) groups is 4. The molecule has 702 valence electrons. The van der Waals surface area contributed by atoms with Crippen molar-refractivity contribution in [2.24, 2.45) is 20.0 Å². The zero-order valence-electron chi connectivity index (χ0n) is 70.5. The number of amidine groups is 4. The molecular formula is C89H74F15N13O13S4. The molecule has 134 heavy (non-hydrogen) atoms. The number of nitrogens with one attached hydrogen (secondary N) is 3. The molecule has 3 fully saturated rings. The molecular weight excluding hydrogens is 1870 g/mol. The van der Waals surface area contributed by atoms with Crippen LogP contribution >= 0.6 is 47.0 Å². The minimum atomic E-state index is -4.67. The molecule has 15 rings (SSSR count). The molecule has 6 aliphatic heterocycles. The predicted molar refractivity (Wildman–Crippen MR) is 472 cm³/mol. The number of piperazine rings is 2. The summed E-state index contributed by atoms with van der Waals surface area (Å²) >= 11 is 4.33. The average Bonchev–Trinajstić information content (AvgIpc) is 0.995. The maximum absolute atomic E-state index is 14.6. The molecule has 0 bridgehead atoms. The number of hydrogen-bond donors (Lipinski definition) is 5. The standard InChI is InChI=1S/C23H20F3N3O4S.C22H17F4N5O2S.C22H17F4N3O3S.C22H20F4N2O4S/c1-13-3-5-16(15(9-13)23(24,25)26)33-17-6-4-14(10-18(17)32-2)11-19-21(31)28-22(34-19)29-8-7-27-20(30)12-29;1-13-2-4-17(15(8-13)22(24,25)26)33-18-5-3-14(9-16(18)23)10-19-20(32)30-21(34-19)28-6-7-31-12-27-11-29-31;1-12-2-4-16(14(8-12)22(24,25)26)32-17-5-3-13(9-15(17)23)10-18-20(31)28-21(33-18)29-7-6-27-19(30)11-29;1-13-2-4-17(15(10-13)22(24,25)26)32-18-5-3-14(11-16(18)23)12-19-20(31)27-21(33-19)28(6-8-29)7-9-30/h3-6,9-11H,7-8,12H2,1-2H3,(H,27,30);2-5,8-12H,6-7H2,1H3,(H,28,30,32);2-5,8-10H,6-7,11H2,1H3,(H,27,30);2-5,10-12,29-30H,6-9H2,1H3/b19-11-;19-10-;18-10-;19-12-. The van der Waals surface area contributed by atoms with Crippen molar-refractivity contribution in [1.29, 1.82) is 0 Å². The summed E-state index contributed by atoms with van der Waals surface area (Å²) < 4.78 is 232. The Hall–Kier alpha value is -13.4. The van der Waals surface area contributed by atoms with Crippen molar-refractivity contribution in [2.75, 3.05) is 79.2 Å². The molecule has 26 nitrogen and oxygen atoms in total. The van der Waals surface area contributed by atoms with Gasteiger partial charge in [-0.05, 0) is 218 Å². The first-order chi connectivity index (χ1) is 63.5. The van der Waals surface area contributed by atoms with Gasteiger partial charge in [-0.1, -0.05) is 70.8 Å². The molecule has 0 radical (unpaired) electrons. The summed E-state index contributed by atoms with van der Waals surface area (Å²) in [4.78, 5) is 98.2. The zero-order valence-corrected chi connectivity index (χ0v) is 73.7. The van der Waals surface area contributed by atoms with Crippen LogP contribution in [0.4, 0.5) is 65.9 Å². The highest BCUT2D eigenvalue weighted by Crippen LogP contribution is 2.46. The lowest BCUT2D eigenvalue weighted by Crippen LogP contribution is -2.49. The molecule has 9 aromatic rings. The van der Waals surface area contributed by atoms with Crippen molar-refractivity contribution in [2.45, 2.75) is 58.9 Å². The Morgan fingerprint density at radius 1 is 0.448 bits per heavy atom. The van der Waals surface area contributed by atoms with Gasteiger partial charge in [-0.3, -0.25) is 38.4 Å². The van der Waals surface area contributed by atoms with Crippen molar-refractivity contribution >= 4 is 127 Å². The van der Waals surface area contributed by atoms with Crippen LogP contribution in [0.1, 0.15) is 66.8 Å². The summed E-state index contributed by atoms with van der Waals surface area (Å²) in [6.45, 7) is 9.12. The van der Waals surface area contributed by atoms with Gasteiger partial charge in [-0.15, -0.1) is 0 Å². The third-order valence-corrected chi connectivity index (χ3v) is 23.1. The van der Waals surface area contributed by atoms with Gasteiger partial charge in [0.1, 0.15) is 35.7 Å². The lowest BCUT2D eigenvalue weighted by atomic mass is 10.1. The van der Waals surface area contributed by atoms with Crippen molar-refractivity contribution in [1.82, 2.24) is 45.4 Å².